The molecule has 0 atom stereocenters. The molecule has 0 heterocycles. The van der Waals surface area contributed by atoms with Gasteiger partial charge in [-0.3, -0.25) is 14.9 Å². The maximum absolute atomic E-state index is 11.9. The molecule has 2 rings (SSSR count). The molecule has 0 saturated heterocycles. The van der Waals surface area contributed by atoms with Gasteiger partial charge in [0.05, 0.1) is 4.92 Å². The molecule has 1 amide bonds. The summed E-state index contributed by atoms with van der Waals surface area (Å²) < 4.78 is 10.0. The summed E-state index contributed by atoms with van der Waals surface area (Å²) in [7, 11) is 0. The zero-order valence-corrected chi connectivity index (χ0v) is 14.6. The van der Waals surface area contributed by atoms with E-state index < -0.39 is 17.5 Å². The molecule has 0 aromatic heterocycles. The molecular formula is C18H24N2O6. The van der Waals surface area contributed by atoms with Crippen LogP contribution in [0.5, 0.6) is 5.75 Å². The first-order chi connectivity index (χ1) is 12.6. The first-order valence-corrected chi connectivity index (χ1v) is 8.87. The average molecular weight is 364 g/mol. The number of nitro benzene ring substituents is 1. The first-order valence-electron chi connectivity index (χ1n) is 8.87. The summed E-state index contributed by atoms with van der Waals surface area (Å²) in [6.07, 6.45) is 7.69. The Labute approximate surface area is 152 Å². The van der Waals surface area contributed by atoms with Gasteiger partial charge in [-0.05, 0) is 18.9 Å². The predicted molar refractivity (Wildman–Crippen MR) is 93.8 cm³/mol. The number of para-hydroxylation sites is 2. The van der Waals surface area contributed by atoms with Crippen LogP contribution in [-0.4, -0.2) is 36.1 Å². The second-order valence-electron chi connectivity index (χ2n) is 6.28. The number of hydrogen-bond acceptors (Lipinski definition) is 6. The summed E-state index contributed by atoms with van der Waals surface area (Å²) in [5.74, 6) is -1.11. The second-order valence-corrected chi connectivity index (χ2v) is 6.28. The maximum Gasteiger partial charge on any atom is 0.344 e. The van der Waals surface area contributed by atoms with Crippen LogP contribution in [0.2, 0.25) is 0 Å². The van der Waals surface area contributed by atoms with Crippen molar-refractivity contribution in [1.29, 1.82) is 0 Å². The van der Waals surface area contributed by atoms with E-state index in [2.05, 4.69) is 5.32 Å². The van der Waals surface area contributed by atoms with Gasteiger partial charge in [0.15, 0.2) is 19.0 Å². The number of esters is 1. The molecule has 1 N–H and O–H groups in total. The Bertz CT molecular complexity index is 626. The van der Waals surface area contributed by atoms with Gasteiger partial charge in [-0.1, -0.05) is 44.2 Å². The van der Waals surface area contributed by atoms with E-state index in [1.54, 1.807) is 6.07 Å². The molecule has 1 aliphatic rings. The summed E-state index contributed by atoms with van der Waals surface area (Å²) in [6, 6.07) is 5.87. The Morgan fingerprint density at radius 1 is 1.08 bits per heavy atom. The van der Waals surface area contributed by atoms with Gasteiger partial charge in [0.2, 0.25) is 0 Å². The van der Waals surface area contributed by atoms with Gasteiger partial charge in [-0.2, -0.15) is 0 Å². The van der Waals surface area contributed by atoms with Crippen molar-refractivity contribution in [2.75, 3.05) is 13.2 Å². The van der Waals surface area contributed by atoms with Crippen molar-refractivity contribution in [2.24, 2.45) is 0 Å². The largest absolute Gasteiger partial charge is 0.475 e. The monoisotopic (exact) mass is 364 g/mol. The van der Waals surface area contributed by atoms with Crippen LogP contribution in [0.25, 0.3) is 0 Å². The molecule has 1 aromatic rings. The zero-order valence-electron chi connectivity index (χ0n) is 14.6. The van der Waals surface area contributed by atoms with E-state index in [4.69, 9.17) is 9.47 Å². The lowest BCUT2D eigenvalue weighted by Crippen LogP contribution is -2.38. The van der Waals surface area contributed by atoms with Crippen LogP contribution >= 0.6 is 0 Å². The molecule has 0 spiro atoms. The van der Waals surface area contributed by atoms with Crippen LogP contribution in [0.3, 0.4) is 0 Å². The summed E-state index contributed by atoms with van der Waals surface area (Å²) in [6.45, 7) is -0.878. The smallest absolute Gasteiger partial charge is 0.344 e. The minimum atomic E-state index is -0.754. The topological polar surface area (TPSA) is 108 Å². The highest BCUT2D eigenvalue weighted by atomic mass is 16.6. The molecule has 1 aromatic carbocycles. The Balaban J connectivity index is 1.71. The minimum absolute atomic E-state index is 0.0200. The Morgan fingerprint density at radius 3 is 2.42 bits per heavy atom. The molecule has 0 bridgehead atoms. The number of amides is 1. The molecule has 8 heteroatoms. The number of hydrogen-bond donors (Lipinski definition) is 1. The number of carbonyl (C=O) groups is 2. The van der Waals surface area contributed by atoms with Crippen molar-refractivity contribution in [1.82, 2.24) is 5.32 Å². The number of carbonyl (C=O) groups excluding carboxylic acids is 2. The normalized spacial score (nSPS) is 15.4. The number of ether oxygens (including phenoxy) is 2. The predicted octanol–water partition coefficient (Wildman–Crippen LogP) is 2.75. The van der Waals surface area contributed by atoms with Gasteiger partial charge in [0.1, 0.15) is 0 Å². The Morgan fingerprint density at radius 2 is 1.73 bits per heavy atom. The third-order valence-electron chi connectivity index (χ3n) is 4.24. The van der Waals surface area contributed by atoms with Crippen molar-refractivity contribution in [3.05, 3.63) is 34.4 Å². The molecule has 26 heavy (non-hydrogen) atoms. The number of benzene rings is 1. The molecule has 1 aliphatic carbocycles. The van der Waals surface area contributed by atoms with Crippen LogP contribution in [0.1, 0.15) is 44.9 Å². The third-order valence-corrected chi connectivity index (χ3v) is 4.24. The van der Waals surface area contributed by atoms with Gasteiger partial charge in [-0.25, -0.2) is 4.79 Å². The van der Waals surface area contributed by atoms with E-state index in [0.29, 0.717) is 0 Å². The highest BCUT2D eigenvalue weighted by Crippen LogP contribution is 2.25. The van der Waals surface area contributed by atoms with E-state index in [0.717, 1.165) is 25.7 Å². The van der Waals surface area contributed by atoms with E-state index in [1.165, 1.54) is 37.5 Å². The highest BCUT2D eigenvalue weighted by molar-refractivity contribution is 5.81. The van der Waals surface area contributed by atoms with Crippen LogP contribution in [0.4, 0.5) is 5.69 Å². The number of nitrogens with one attached hydrogen (secondary N) is 1. The van der Waals surface area contributed by atoms with Gasteiger partial charge in [0, 0.05) is 12.1 Å². The summed E-state index contributed by atoms with van der Waals surface area (Å²) in [5, 5.41) is 13.8. The number of rotatable bonds is 7. The standard InChI is InChI=1S/C18H24N2O6/c21-17(19-14-8-4-2-1-3-5-9-14)12-26-18(22)13-25-16-11-7-6-10-15(16)20(23)24/h6-7,10-11,14H,1-5,8-9,12-13H2,(H,19,21). The van der Waals surface area contributed by atoms with E-state index >= 15 is 0 Å². The van der Waals surface area contributed by atoms with Gasteiger partial charge in [-0.15, -0.1) is 0 Å². The van der Waals surface area contributed by atoms with Crippen molar-refractivity contribution in [2.45, 2.75) is 51.0 Å². The van der Waals surface area contributed by atoms with Gasteiger partial charge >= 0.3 is 11.7 Å². The fourth-order valence-corrected chi connectivity index (χ4v) is 2.92. The van der Waals surface area contributed by atoms with Crippen LogP contribution in [-0.2, 0) is 14.3 Å². The van der Waals surface area contributed by atoms with Crippen molar-refractivity contribution >= 4 is 17.6 Å². The molecule has 8 nitrogen and oxygen atoms in total. The molecule has 1 saturated carbocycles. The fourth-order valence-electron chi connectivity index (χ4n) is 2.92. The van der Waals surface area contributed by atoms with Crippen molar-refractivity contribution < 1.29 is 24.0 Å². The summed E-state index contributed by atoms with van der Waals surface area (Å²) >= 11 is 0. The lowest BCUT2D eigenvalue weighted by atomic mass is 9.97. The Kier molecular flexibility index (Phi) is 7.85. The van der Waals surface area contributed by atoms with Crippen molar-refractivity contribution in [3.63, 3.8) is 0 Å². The summed E-state index contributed by atoms with van der Waals surface area (Å²) in [5.41, 5.74) is -0.234. The van der Waals surface area contributed by atoms with Crippen LogP contribution < -0.4 is 10.1 Å². The number of nitrogens with zero attached hydrogens (tertiary/aromatic N) is 1. The molecule has 142 valence electrons. The SMILES string of the molecule is O=C(COC(=O)COc1ccccc1[N+](=O)[O-])NC1CCCCCCC1. The quantitative estimate of drug-likeness (QED) is 0.453. The summed E-state index contributed by atoms with van der Waals surface area (Å²) in [4.78, 5) is 33.9. The number of nitro groups is 1. The molecule has 1 fully saturated rings. The lowest BCUT2D eigenvalue weighted by Gasteiger charge is -2.20. The second kappa shape index (κ2) is 10.4. The van der Waals surface area contributed by atoms with E-state index in [-0.39, 0.29) is 30.0 Å². The van der Waals surface area contributed by atoms with E-state index in [9.17, 15) is 19.7 Å². The van der Waals surface area contributed by atoms with Gasteiger partial charge in [0.25, 0.3) is 5.91 Å². The molecule has 0 unspecified atom stereocenters. The highest BCUT2D eigenvalue weighted by Gasteiger charge is 2.17. The van der Waals surface area contributed by atoms with Crippen molar-refractivity contribution in [3.8, 4) is 5.75 Å². The molecule has 0 radical (unpaired) electrons. The average Bonchev–Trinajstić information content (AvgIpc) is 2.60. The first kappa shape index (κ1) is 19.7. The minimum Gasteiger partial charge on any atom is -0.475 e. The van der Waals surface area contributed by atoms with E-state index in [1.807, 2.05) is 0 Å². The molecule has 0 aliphatic heterocycles. The maximum atomic E-state index is 11.9. The van der Waals surface area contributed by atoms with Crippen LogP contribution in [0, 0.1) is 10.1 Å². The fraction of sp³-hybridized carbons (Fsp3) is 0.556. The van der Waals surface area contributed by atoms with Crippen LogP contribution in [0.15, 0.2) is 24.3 Å². The zero-order chi connectivity index (χ0) is 18.8. The molecular weight excluding hydrogens is 340 g/mol. The third kappa shape index (κ3) is 6.70. The Hall–Kier alpha value is -2.64. The lowest BCUT2D eigenvalue weighted by molar-refractivity contribution is -0.385. The van der Waals surface area contributed by atoms with Gasteiger partial charge < -0.3 is 14.8 Å².